The minimum Gasteiger partial charge on any atom is -0.348 e. The van der Waals surface area contributed by atoms with E-state index in [2.05, 4.69) is 5.32 Å². The molecule has 0 aliphatic carbocycles. The van der Waals surface area contributed by atoms with E-state index in [1.54, 1.807) is 16.2 Å². The molecule has 4 rings (SSSR count). The predicted octanol–water partition coefficient (Wildman–Crippen LogP) is 2.68. The van der Waals surface area contributed by atoms with Crippen molar-refractivity contribution >= 4 is 43.3 Å². The third-order valence-corrected chi connectivity index (χ3v) is 8.36. The molecular weight excluding hydrogens is 434 g/mol. The zero-order chi connectivity index (χ0) is 22.0. The lowest BCUT2D eigenvalue weighted by molar-refractivity contribution is -0.129. The van der Waals surface area contributed by atoms with E-state index in [0.717, 1.165) is 10.9 Å². The van der Waals surface area contributed by atoms with Crippen LogP contribution in [0.5, 0.6) is 0 Å². The summed E-state index contributed by atoms with van der Waals surface area (Å²) in [6.45, 7) is 3.17. The maximum atomic E-state index is 12.9. The molecule has 1 aromatic heterocycles. The molecule has 0 unspecified atom stereocenters. The number of thiophene rings is 1. The number of hydrogen-bond acceptors (Lipinski definition) is 5. The quantitative estimate of drug-likeness (QED) is 0.638. The number of benzene rings is 2. The van der Waals surface area contributed by atoms with E-state index in [-0.39, 0.29) is 29.8 Å². The third kappa shape index (κ3) is 4.48. The van der Waals surface area contributed by atoms with Gasteiger partial charge in [0.2, 0.25) is 15.9 Å². The van der Waals surface area contributed by atoms with Crippen molar-refractivity contribution in [3.63, 3.8) is 0 Å². The van der Waals surface area contributed by atoms with Crippen molar-refractivity contribution in [2.75, 3.05) is 26.2 Å². The van der Waals surface area contributed by atoms with E-state index in [4.69, 9.17) is 0 Å². The number of nitrogens with zero attached hydrogens (tertiary/aromatic N) is 2. The fraction of sp³-hybridized carbons (Fsp3) is 0.273. The molecule has 3 aromatic rings. The number of nitrogens with one attached hydrogen (secondary N) is 1. The van der Waals surface area contributed by atoms with E-state index in [1.165, 1.54) is 40.2 Å². The minimum atomic E-state index is -3.66. The molecule has 2 heterocycles. The van der Waals surface area contributed by atoms with Crippen molar-refractivity contribution in [3.8, 4) is 0 Å². The first-order valence-electron chi connectivity index (χ1n) is 9.95. The molecule has 1 fully saturated rings. The Bertz CT molecular complexity index is 1210. The van der Waals surface area contributed by atoms with Gasteiger partial charge in [0.05, 0.1) is 4.90 Å². The molecule has 7 nitrogen and oxygen atoms in total. The Hall–Kier alpha value is -2.75. The van der Waals surface area contributed by atoms with Gasteiger partial charge in [0, 0.05) is 49.9 Å². The molecule has 0 saturated carbocycles. The van der Waals surface area contributed by atoms with Crippen LogP contribution >= 0.6 is 11.3 Å². The number of hydrogen-bond donors (Lipinski definition) is 1. The first-order chi connectivity index (χ1) is 14.9. The lowest BCUT2D eigenvalue weighted by Gasteiger charge is -2.33. The lowest BCUT2D eigenvalue weighted by atomic mass is 10.1. The summed E-state index contributed by atoms with van der Waals surface area (Å²) in [4.78, 5) is 25.8. The van der Waals surface area contributed by atoms with Crippen LogP contribution in [0.3, 0.4) is 0 Å². The van der Waals surface area contributed by atoms with Crippen molar-refractivity contribution in [2.24, 2.45) is 0 Å². The first-order valence-corrected chi connectivity index (χ1v) is 12.3. The fourth-order valence-electron chi connectivity index (χ4n) is 3.62. The molecule has 2 aromatic carbocycles. The predicted molar refractivity (Wildman–Crippen MR) is 120 cm³/mol. The molecule has 0 spiro atoms. The summed E-state index contributed by atoms with van der Waals surface area (Å²) in [7, 11) is -3.66. The summed E-state index contributed by atoms with van der Waals surface area (Å²) in [6.07, 6.45) is 0. The monoisotopic (exact) mass is 457 g/mol. The highest BCUT2D eigenvalue weighted by Gasteiger charge is 2.29. The van der Waals surface area contributed by atoms with Crippen LogP contribution in [0, 0.1) is 0 Å². The second-order valence-corrected chi connectivity index (χ2v) is 10.2. The van der Waals surface area contributed by atoms with Gasteiger partial charge in [-0.05, 0) is 46.7 Å². The zero-order valence-corrected chi connectivity index (χ0v) is 18.7. The Balaban J connectivity index is 1.40. The SMILES string of the molecule is CC(=O)N1CCN(S(=O)(=O)c2ccc(C(=O)NCc3csc4ccccc34)cc2)CC1. The summed E-state index contributed by atoms with van der Waals surface area (Å²) in [5.41, 5.74) is 1.46. The Kier molecular flexibility index (Phi) is 6.08. The van der Waals surface area contributed by atoms with E-state index >= 15 is 0 Å². The van der Waals surface area contributed by atoms with Crippen molar-refractivity contribution in [2.45, 2.75) is 18.4 Å². The lowest BCUT2D eigenvalue weighted by Crippen LogP contribution is -2.49. The van der Waals surface area contributed by atoms with Gasteiger partial charge in [-0.1, -0.05) is 18.2 Å². The molecule has 0 radical (unpaired) electrons. The summed E-state index contributed by atoms with van der Waals surface area (Å²) in [5.74, 6) is -0.308. The van der Waals surface area contributed by atoms with E-state index < -0.39 is 10.0 Å². The van der Waals surface area contributed by atoms with Gasteiger partial charge in [-0.15, -0.1) is 11.3 Å². The Morgan fingerprint density at radius 2 is 1.68 bits per heavy atom. The molecule has 1 aliphatic rings. The average molecular weight is 458 g/mol. The molecular formula is C22H23N3O4S2. The molecule has 1 saturated heterocycles. The first kappa shape index (κ1) is 21.5. The van der Waals surface area contributed by atoms with Crippen molar-refractivity contribution < 1.29 is 18.0 Å². The van der Waals surface area contributed by atoms with E-state index in [9.17, 15) is 18.0 Å². The maximum absolute atomic E-state index is 12.9. The Morgan fingerprint density at radius 1 is 1.00 bits per heavy atom. The number of carbonyl (C=O) groups is 2. The van der Waals surface area contributed by atoms with Gasteiger partial charge >= 0.3 is 0 Å². The van der Waals surface area contributed by atoms with Gasteiger partial charge in [0.1, 0.15) is 0 Å². The Morgan fingerprint density at radius 3 is 2.35 bits per heavy atom. The standard InChI is InChI=1S/C22H23N3O4S2/c1-16(26)24-10-12-25(13-11-24)31(28,29)19-8-6-17(7-9-19)22(27)23-14-18-15-30-21-5-3-2-4-20(18)21/h2-9,15H,10-14H2,1H3,(H,23,27). The largest absolute Gasteiger partial charge is 0.348 e. The summed E-state index contributed by atoms with van der Waals surface area (Å²) >= 11 is 1.64. The molecule has 31 heavy (non-hydrogen) atoms. The second-order valence-electron chi connectivity index (χ2n) is 7.37. The van der Waals surface area contributed by atoms with Crippen LogP contribution in [-0.2, 0) is 21.4 Å². The molecule has 2 amide bonds. The highest BCUT2D eigenvalue weighted by atomic mass is 32.2. The number of fused-ring (bicyclic) bond motifs is 1. The van der Waals surface area contributed by atoms with Crippen LogP contribution in [-0.4, -0.2) is 55.6 Å². The van der Waals surface area contributed by atoms with Crippen LogP contribution in [0.2, 0.25) is 0 Å². The van der Waals surface area contributed by atoms with Gasteiger partial charge in [-0.25, -0.2) is 8.42 Å². The topological polar surface area (TPSA) is 86.8 Å². The highest BCUT2D eigenvalue weighted by molar-refractivity contribution is 7.89. The normalized spacial score (nSPS) is 15.2. The maximum Gasteiger partial charge on any atom is 0.251 e. The summed E-state index contributed by atoms with van der Waals surface area (Å²) in [6, 6.07) is 14.0. The number of piperazine rings is 1. The number of amides is 2. The smallest absolute Gasteiger partial charge is 0.251 e. The van der Waals surface area contributed by atoms with Crippen LogP contribution in [0.15, 0.2) is 58.8 Å². The van der Waals surface area contributed by atoms with Gasteiger partial charge in [-0.3, -0.25) is 9.59 Å². The minimum absolute atomic E-state index is 0.0529. The third-order valence-electron chi connectivity index (χ3n) is 5.44. The van der Waals surface area contributed by atoms with Gasteiger partial charge in [0.15, 0.2) is 0 Å². The van der Waals surface area contributed by atoms with Gasteiger partial charge in [0.25, 0.3) is 5.91 Å². The van der Waals surface area contributed by atoms with Crippen LogP contribution in [0.4, 0.5) is 0 Å². The van der Waals surface area contributed by atoms with Gasteiger partial charge < -0.3 is 10.2 Å². The number of carbonyl (C=O) groups excluding carboxylic acids is 2. The molecule has 1 aliphatic heterocycles. The molecule has 162 valence electrons. The second kappa shape index (κ2) is 8.78. The summed E-state index contributed by atoms with van der Waals surface area (Å²) < 4.78 is 28.3. The van der Waals surface area contributed by atoms with Crippen LogP contribution in [0.25, 0.3) is 10.1 Å². The van der Waals surface area contributed by atoms with Crippen molar-refractivity contribution in [1.29, 1.82) is 0 Å². The van der Waals surface area contributed by atoms with Gasteiger partial charge in [-0.2, -0.15) is 4.31 Å². The van der Waals surface area contributed by atoms with Crippen LogP contribution in [0.1, 0.15) is 22.8 Å². The summed E-state index contributed by atoms with van der Waals surface area (Å²) in [5, 5.41) is 6.06. The molecule has 0 atom stereocenters. The number of rotatable bonds is 5. The molecule has 9 heteroatoms. The highest BCUT2D eigenvalue weighted by Crippen LogP contribution is 2.25. The number of sulfonamides is 1. The Labute approximate surface area is 185 Å². The van der Waals surface area contributed by atoms with Crippen molar-refractivity contribution in [1.82, 2.24) is 14.5 Å². The fourth-order valence-corrected chi connectivity index (χ4v) is 6.00. The van der Waals surface area contributed by atoms with E-state index in [1.807, 2.05) is 29.6 Å². The van der Waals surface area contributed by atoms with E-state index in [0.29, 0.717) is 25.2 Å². The molecule has 0 bridgehead atoms. The van der Waals surface area contributed by atoms with Crippen molar-refractivity contribution in [3.05, 3.63) is 65.0 Å². The molecule has 1 N–H and O–H groups in total. The zero-order valence-electron chi connectivity index (χ0n) is 17.1. The average Bonchev–Trinajstić information content (AvgIpc) is 3.20. The van der Waals surface area contributed by atoms with Crippen LogP contribution < -0.4 is 5.32 Å².